The van der Waals surface area contributed by atoms with Gasteiger partial charge in [0, 0.05) is 12.1 Å². The highest BCUT2D eigenvalue weighted by atomic mass is 19.1. The third-order valence-corrected chi connectivity index (χ3v) is 4.97. The molecule has 0 atom stereocenters. The Balaban J connectivity index is 1.91. The third kappa shape index (κ3) is 5.58. The van der Waals surface area contributed by atoms with Gasteiger partial charge in [-0.2, -0.15) is 5.26 Å². The van der Waals surface area contributed by atoms with E-state index in [1.807, 2.05) is 30.3 Å². The highest BCUT2D eigenvalue weighted by Gasteiger charge is 2.13. The predicted octanol–water partition coefficient (Wildman–Crippen LogP) is 5.53. The molecule has 31 heavy (non-hydrogen) atoms. The SMILES string of the molecule is CCc1ccc(NC(=O)/C(C#N)=C/c2ccc(OC)cc2Cc2ccccc2F)cc1. The van der Waals surface area contributed by atoms with E-state index >= 15 is 0 Å². The Morgan fingerprint density at radius 3 is 2.48 bits per heavy atom. The minimum atomic E-state index is -0.501. The topological polar surface area (TPSA) is 62.1 Å². The molecule has 0 spiro atoms. The maximum Gasteiger partial charge on any atom is 0.266 e. The Kier molecular flexibility index (Phi) is 7.18. The molecule has 0 aliphatic heterocycles. The zero-order chi connectivity index (χ0) is 22.2. The van der Waals surface area contributed by atoms with Gasteiger partial charge in [-0.3, -0.25) is 4.79 Å². The number of rotatable bonds is 7. The first kappa shape index (κ1) is 21.8. The van der Waals surface area contributed by atoms with Crippen LogP contribution in [0.1, 0.15) is 29.2 Å². The summed E-state index contributed by atoms with van der Waals surface area (Å²) in [6.45, 7) is 2.05. The van der Waals surface area contributed by atoms with E-state index in [1.54, 1.807) is 43.5 Å². The van der Waals surface area contributed by atoms with Crippen molar-refractivity contribution < 1.29 is 13.9 Å². The van der Waals surface area contributed by atoms with Crippen molar-refractivity contribution in [3.8, 4) is 11.8 Å². The van der Waals surface area contributed by atoms with Crippen LogP contribution < -0.4 is 10.1 Å². The van der Waals surface area contributed by atoms with Crippen molar-refractivity contribution in [2.45, 2.75) is 19.8 Å². The lowest BCUT2D eigenvalue weighted by Gasteiger charge is -2.11. The Morgan fingerprint density at radius 1 is 1.10 bits per heavy atom. The van der Waals surface area contributed by atoms with Crippen LogP contribution in [0.5, 0.6) is 5.75 Å². The number of nitrogens with one attached hydrogen (secondary N) is 1. The molecule has 156 valence electrons. The number of ether oxygens (including phenoxy) is 1. The number of carbonyl (C=O) groups excluding carboxylic acids is 1. The van der Waals surface area contributed by atoms with Crippen LogP contribution in [0.2, 0.25) is 0 Å². The third-order valence-electron chi connectivity index (χ3n) is 4.97. The summed E-state index contributed by atoms with van der Waals surface area (Å²) in [6, 6.07) is 21.3. The van der Waals surface area contributed by atoms with E-state index in [-0.39, 0.29) is 11.4 Å². The molecule has 5 heteroatoms. The first-order valence-corrected chi connectivity index (χ1v) is 9.96. The van der Waals surface area contributed by atoms with E-state index in [1.165, 1.54) is 12.1 Å². The average molecular weight is 414 g/mol. The summed E-state index contributed by atoms with van der Waals surface area (Å²) in [5, 5.41) is 12.3. The summed E-state index contributed by atoms with van der Waals surface area (Å²) in [5.74, 6) is -0.198. The number of hydrogen-bond donors (Lipinski definition) is 1. The second kappa shape index (κ2) is 10.2. The van der Waals surface area contributed by atoms with Crippen molar-refractivity contribution in [2.24, 2.45) is 0 Å². The first-order valence-electron chi connectivity index (χ1n) is 9.96. The molecule has 0 aliphatic carbocycles. The Labute approximate surface area is 181 Å². The van der Waals surface area contributed by atoms with E-state index in [2.05, 4.69) is 12.2 Å². The highest BCUT2D eigenvalue weighted by molar-refractivity contribution is 6.09. The van der Waals surface area contributed by atoms with Crippen molar-refractivity contribution in [1.29, 1.82) is 5.26 Å². The number of halogens is 1. The van der Waals surface area contributed by atoms with Gasteiger partial charge in [-0.25, -0.2) is 4.39 Å². The van der Waals surface area contributed by atoms with Crippen LogP contribution in [0.25, 0.3) is 6.08 Å². The average Bonchev–Trinajstić information content (AvgIpc) is 2.80. The Morgan fingerprint density at radius 2 is 1.84 bits per heavy atom. The molecule has 1 N–H and O–H groups in total. The van der Waals surface area contributed by atoms with E-state index in [0.29, 0.717) is 29.0 Å². The van der Waals surface area contributed by atoms with Crippen LogP contribution in [0.4, 0.5) is 10.1 Å². The summed E-state index contributed by atoms with van der Waals surface area (Å²) in [4.78, 5) is 12.7. The smallest absolute Gasteiger partial charge is 0.266 e. The molecule has 3 aromatic rings. The molecule has 0 fully saturated rings. The summed E-state index contributed by atoms with van der Waals surface area (Å²) in [5.41, 5.74) is 3.65. The Bertz CT molecular complexity index is 1140. The number of aryl methyl sites for hydroxylation is 1. The molecule has 0 aromatic heterocycles. The number of nitrogens with zero attached hydrogens (tertiary/aromatic N) is 1. The van der Waals surface area contributed by atoms with Gasteiger partial charge in [0.25, 0.3) is 5.91 Å². The molecule has 0 saturated carbocycles. The van der Waals surface area contributed by atoms with E-state index in [4.69, 9.17) is 4.74 Å². The minimum Gasteiger partial charge on any atom is -0.497 e. The van der Waals surface area contributed by atoms with Gasteiger partial charge in [0.1, 0.15) is 23.2 Å². The van der Waals surface area contributed by atoms with Gasteiger partial charge >= 0.3 is 0 Å². The minimum absolute atomic E-state index is 0.0421. The fraction of sp³-hybridized carbons (Fsp3) is 0.154. The van der Waals surface area contributed by atoms with Crippen molar-refractivity contribution in [1.82, 2.24) is 0 Å². The van der Waals surface area contributed by atoms with Crippen LogP contribution >= 0.6 is 0 Å². The van der Waals surface area contributed by atoms with Gasteiger partial charge < -0.3 is 10.1 Å². The van der Waals surface area contributed by atoms with Gasteiger partial charge in [-0.15, -0.1) is 0 Å². The summed E-state index contributed by atoms with van der Waals surface area (Å²) in [7, 11) is 1.55. The van der Waals surface area contributed by atoms with Crippen molar-refractivity contribution in [3.05, 3.63) is 100 Å². The van der Waals surface area contributed by atoms with Gasteiger partial charge in [0.2, 0.25) is 0 Å². The molecule has 0 bridgehead atoms. The van der Waals surface area contributed by atoms with E-state index < -0.39 is 5.91 Å². The van der Waals surface area contributed by atoms with Crippen molar-refractivity contribution >= 4 is 17.7 Å². The predicted molar refractivity (Wildman–Crippen MR) is 120 cm³/mol. The molecule has 0 heterocycles. The number of amides is 1. The van der Waals surface area contributed by atoms with Crippen LogP contribution in [0.3, 0.4) is 0 Å². The monoisotopic (exact) mass is 414 g/mol. The van der Waals surface area contributed by atoms with Gasteiger partial charge in [-0.05, 0) is 65.1 Å². The first-order chi connectivity index (χ1) is 15.0. The molecule has 0 unspecified atom stereocenters. The number of anilines is 1. The zero-order valence-electron chi connectivity index (χ0n) is 17.5. The van der Waals surface area contributed by atoms with Gasteiger partial charge in [-0.1, -0.05) is 43.3 Å². The number of nitriles is 1. The normalized spacial score (nSPS) is 11.0. The van der Waals surface area contributed by atoms with Crippen molar-refractivity contribution in [3.63, 3.8) is 0 Å². The second-order valence-corrected chi connectivity index (χ2v) is 7.01. The van der Waals surface area contributed by atoms with E-state index in [9.17, 15) is 14.4 Å². The number of methoxy groups -OCH3 is 1. The van der Waals surface area contributed by atoms with Crippen LogP contribution in [-0.4, -0.2) is 13.0 Å². The summed E-state index contributed by atoms with van der Waals surface area (Å²) in [6.07, 6.45) is 2.72. The maximum atomic E-state index is 14.2. The summed E-state index contributed by atoms with van der Waals surface area (Å²) >= 11 is 0. The molecule has 4 nitrogen and oxygen atoms in total. The quantitative estimate of drug-likeness (QED) is 0.408. The van der Waals surface area contributed by atoms with Crippen molar-refractivity contribution in [2.75, 3.05) is 12.4 Å². The van der Waals surface area contributed by atoms with Crippen LogP contribution in [0, 0.1) is 17.1 Å². The molecular weight excluding hydrogens is 391 g/mol. The zero-order valence-corrected chi connectivity index (χ0v) is 17.5. The molecule has 0 aliphatic rings. The molecule has 0 radical (unpaired) electrons. The van der Waals surface area contributed by atoms with Gasteiger partial charge in [0.15, 0.2) is 0 Å². The number of benzene rings is 3. The molecule has 0 saturated heterocycles. The fourth-order valence-electron chi connectivity index (χ4n) is 3.18. The fourth-order valence-corrected chi connectivity index (χ4v) is 3.18. The lowest BCUT2D eigenvalue weighted by molar-refractivity contribution is -0.112. The highest BCUT2D eigenvalue weighted by Crippen LogP contribution is 2.24. The lowest BCUT2D eigenvalue weighted by atomic mass is 9.97. The van der Waals surface area contributed by atoms with Crippen LogP contribution in [0.15, 0.2) is 72.3 Å². The van der Waals surface area contributed by atoms with Crippen LogP contribution in [-0.2, 0) is 17.6 Å². The summed E-state index contributed by atoms with van der Waals surface area (Å²) < 4.78 is 19.5. The number of hydrogen-bond acceptors (Lipinski definition) is 3. The standard InChI is InChI=1S/C26H23FN2O2/c1-3-18-8-11-23(12-9-18)29-26(30)22(17-28)14-19-10-13-24(31-2)16-21(19)15-20-6-4-5-7-25(20)27/h4-14,16H,3,15H2,1-2H3,(H,29,30)/b22-14+. The molecular formula is C26H23FN2O2. The van der Waals surface area contributed by atoms with E-state index in [0.717, 1.165) is 17.5 Å². The lowest BCUT2D eigenvalue weighted by Crippen LogP contribution is -2.13. The molecule has 3 aromatic carbocycles. The molecule has 3 rings (SSSR count). The Hall–Kier alpha value is -3.91. The maximum absolute atomic E-state index is 14.2. The van der Waals surface area contributed by atoms with Gasteiger partial charge in [0.05, 0.1) is 7.11 Å². The second-order valence-electron chi connectivity index (χ2n) is 7.01. The molecule has 1 amide bonds. The largest absolute Gasteiger partial charge is 0.497 e. The number of carbonyl (C=O) groups is 1.